The number of anilines is 1. The Bertz CT molecular complexity index is 516. The molecule has 1 fully saturated rings. The van der Waals surface area contributed by atoms with E-state index in [0.717, 1.165) is 25.9 Å². The van der Waals surface area contributed by atoms with Crippen molar-refractivity contribution in [2.24, 2.45) is 0 Å². The molecule has 1 aromatic rings. The Balaban J connectivity index is 2.06. The fourth-order valence-electron chi connectivity index (χ4n) is 3.19. The van der Waals surface area contributed by atoms with Gasteiger partial charge < -0.3 is 4.90 Å². The van der Waals surface area contributed by atoms with Crippen molar-refractivity contribution in [3.8, 4) is 0 Å². The van der Waals surface area contributed by atoms with Crippen molar-refractivity contribution in [2.75, 3.05) is 18.5 Å². The van der Waals surface area contributed by atoms with Crippen LogP contribution >= 0.6 is 0 Å². The molecule has 0 N–H and O–H groups in total. The summed E-state index contributed by atoms with van der Waals surface area (Å²) < 4.78 is 1.78. The van der Waals surface area contributed by atoms with Crippen molar-refractivity contribution in [3.63, 3.8) is 0 Å². The highest BCUT2D eigenvalue weighted by molar-refractivity contribution is 5.33. The van der Waals surface area contributed by atoms with E-state index in [1.54, 1.807) is 4.57 Å². The van der Waals surface area contributed by atoms with Gasteiger partial charge in [0.25, 0.3) is 5.56 Å². The molecule has 0 amide bonds. The third kappa shape index (κ3) is 1.64. The summed E-state index contributed by atoms with van der Waals surface area (Å²) in [7, 11) is 1.95. The van der Waals surface area contributed by atoms with Crippen molar-refractivity contribution in [3.05, 3.63) is 16.0 Å². The highest BCUT2D eigenvalue weighted by Gasteiger charge is 2.35. The first-order chi connectivity index (χ1) is 8.62. The summed E-state index contributed by atoms with van der Waals surface area (Å²) in [6.45, 7) is 3.76. The van der Waals surface area contributed by atoms with Crippen molar-refractivity contribution in [1.82, 2.24) is 14.8 Å². The van der Waals surface area contributed by atoms with Crippen LogP contribution in [0.15, 0.2) is 4.79 Å². The summed E-state index contributed by atoms with van der Waals surface area (Å²) in [5.74, 6) is 0.711. The molecule has 0 aromatic carbocycles. The monoisotopic (exact) mass is 248 g/mol. The zero-order valence-corrected chi connectivity index (χ0v) is 11.1. The number of aromatic nitrogens is 3. The molecular weight excluding hydrogens is 228 g/mol. The van der Waals surface area contributed by atoms with Gasteiger partial charge in [-0.05, 0) is 12.8 Å². The average Bonchev–Trinajstić information content (AvgIpc) is 2.73. The predicted octanol–water partition coefficient (Wildman–Crippen LogP) is 1.31. The van der Waals surface area contributed by atoms with Crippen LogP contribution in [0.2, 0.25) is 0 Å². The van der Waals surface area contributed by atoms with Crippen molar-refractivity contribution in [2.45, 2.75) is 51.0 Å². The number of rotatable bonds is 1. The molecule has 5 nitrogen and oxygen atoms in total. The Morgan fingerprint density at radius 2 is 1.83 bits per heavy atom. The van der Waals surface area contributed by atoms with E-state index in [9.17, 15) is 4.79 Å². The van der Waals surface area contributed by atoms with E-state index in [1.165, 1.54) is 19.3 Å². The van der Waals surface area contributed by atoms with E-state index in [-0.39, 0.29) is 11.0 Å². The molecule has 0 saturated heterocycles. The molecular formula is C13H20N4O. The second-order valence-corrected chi connectivity index (χ2v) is 5.85. The third-order valence-electron chi connectivity index (χ3n) is 4.46. The molecule has 3 rings (SSSR count). The lowest BCUT2D eigenvalue weighted by Crippen LogP contribution is -2.37. The minimum Gasteiger partial charge on any atom is -0.342 e. The van der Waals surface area contributed by atoms with Gasteiger partial charge in [0.2, 0.25) is 5.95 Å². The highest BCUT2D eigenvalue weighted by atomic mass is 16.1. The smallest absolute Gasteiger partial charge is 0.277 e. The fourth-order valence-corrected chi connectivity index (χ4v) is 3.19. The summed E-state index contributed by atoms with van der Waals surface area (Å²) in [5.41, 5.74) is 0.695. The molecule has 0 spiro atoms. The Morgan fingerprint density at radius 1 is 1.11 bits per heavy atom. The van der Waals surface area contributed by atoms with Crippen LogP contribution in [0.5, 0.6) is 0 Å². The van der Waals surface area contributed by atoms with Crippen molar-refractivity contribution >= 4 is 5.95 Å². The summed E-state index contributed by atoms with van der Waals surface area (Å²) in [4.78, 5) is 14.5. The molecule has 2 aliphatic rings. The number of nitrogens with zero attached hydrogens (tertiary/aromatic N) is 4. The van der Waals surface area contributed by atoms with Gasteiger partial charge in [0.1, 0.15) is 5.69 Å². The lowest BCUT2D eigenvalue weighted by molar-refractivity contribution is 0.305. The molecule has 1 aliphatic heterocycles. The lowest BCUT2D eigenvalue weighted by Gasteiger charge is -2.32. The standard InChI is InChI=1S/C13H20N4O/c1-13(6-4-3-5-7-13)10-11(18)17-9-8-16(2)12(17)15-14-10/h3-9H2,1-2H3. The van der Waals surface area contributed by atoms with Crippen LogP contribution in [0, 0.1) is 0 Å². The van der Waals surface area contributed by atoms with E-state index in [4.69, 9.17) is 0 Å². The molecule has 0 atom stereocenters. The summed E-state index contributed by atoms with van der Waals surface area (Å²) in [6.07, 6.45) is 5.79. The van der Waals surface area contributed by atoms with Gasteiger partial charge >= 0.3 is 0 Å². The largest absolute Gasteiger partial charge is 0.342 e. The van der Waals surface area contributed by atoms with E-state index in [0.29, 0.717) is 11.6 Å². The molecule has 1 saturated carbocycles. The molecule has 0 unspecified atom stereocenters. The maximum Gasteiger partial charge on any atom is 0.277 e. The van der Waals surface area contributed by atoms with E-state index >= 15 is 0 Å². The molecule has 0 radical (unpaired) electrons. The summed E-state index contributed by atoms with van der Waals surface area (Å²) in [5, 5.41) is 8.53. The van der Waals surface area contributed by atoms with Gasteiger partial charge in [-0.2, -0.15) is 0 Å². The van der Waals surface area contributed by atoms with Crippen molar-refractivity contribution < 1.29 is 0 Å². The normalized spacial score (nSPS) is 22.0. The molecule has 2 heterocycles. The number of fused-ring (bicyclic) bond motifs is 1. The van der Waals surface area contributed by atoms with Crippen LogP contribution in [-0.4, -0.2) is 28.4 Å². The zero-order valence-electron chi connectivity index (χ0n) is 11.1. The van der Waals surface area contributed by atoms with E-state index in [2.05, 4.69) is 17.1 Å². The highest BCUT2D eigenvalue weighted by Crippen LogP contribution is 2.36. The lowest BCUT2D eigenvalue weighted by atomic mass is 9.73. The Hall–Kier alpha value is -1.39. The molecule has 5 heteroatoms. The van der Waals surface area contributed by atoms with Crippen LogP contribution in [-0.2, 0) is 12.0 Å². The molecule has 1 aliphatic carbocycles. The van der Waals surface area contributed by atoms with E-state index < -0.39 is 0 Å². The number of hydrogen-bond donors (Lipinski definition) is 0. The van der Waals surface area contributed by atoms with E-state index in [1.807, 2.05) is 11.9 Å². The first kappa shape index (κ1) is 11.7. The average molecular weight is 248 g/mol. The fraction of sp³-hybridized carbons (Fsp3) is 0.769. The quantitative estimate of drug-likeness (QED) is 0.752. The first-order valence-corrected chi connectivity index (χ1v) is 6.81. The van der Waals surface area contributed by atoms with Crippen LogP contribution in [0.25, 0.3) is 0 Å². The van der Waals surface area contributed by atoms with Gasteiger partial charge in [-0.15, -0.1) is 10.2 Å². The van der Waals surface area contributed by atoms with Gasteiger partial charge in [-0.25, -0.2) is 0 Å². The third-order valence-corrected chi connectivity index (χ3v) is 4.46. The van der Waals surface area contributed by atoms with Gasteiger partial charge in [0.15, 0.2) is 0 Å². The van der Waals surface area contributed by atoms with Gasteiger partial charge in [-0.1, -0.05) is 26.2 Å². The van der Waals surface area contributed by atoms with Gasteiger partial charge in [-0.3, -0.25) is 9.36 Å². The summed E-state index contributed by atoms with van der Waals surface area (Å²) in [6, 6.07) is 0. The van der Waals surface area contributed by atoms with Crippen LogP contribution < -0.4 is 10.5 Å². The number of hydrogen-bond acceptors (Lipinski definition) is 4. The topological polar surface area (TPSA) is 51.0 Å². The Morgan fingerprint density at radius 3 is 2.56 bits per heavy atom. The number of likely N-dealkylation sites (N-methyl/N-ethyl adjacent to an activating group) is 1. The van der Waals surface area contributed by atoms with Gasteiger partial charge in [0, 0.05) is 25.6 Å². The van der Waals surface area contributed by atoms with Crippen LogP contribution in [0.1, 0.15) is 44.7 Å². The minimum absolute atomic E-state index is 0.0640. The minimum atomic E-state index is -0.0640. The zero-order chi connectivity index (χ0) is 12.8. The maximum absolute atomic E-state index is 12.5. The predicted molar refractivity (Wildman–Crippen MR) is 70.0 cm³/mol. The molecule has 0 bridgehead atoms. The Labute approximate surface area is 107 Å². The molecule has 18 heavy (non-hydrogen) atoms. The van der Waals surface area contributed by atoms with Crippen molar-refractivity contribution in [1.29, 1.82) is 0 Å². The maximum atomic E-state index is 12.5. The van der Waals surface area contributed by atoms with Crippen LogP contribution in [0.3, 0.4) is 0 Å². The first-order valence-electron chi connectivity index (χ1n) is 6.81. The van der Waals surface area contributed by atoms with Gasteiger partial charge in [0.05, 0.1) is 0 Å². The summed E-state index contributed by atoms with van der Waals surface area (Å²) >= 11 is 0. The second-order valence-electron chi connectivity index (χ2n) is 5.85. The second kappa shape index (κ2) is 4.07. The van der Waals surface area contributed by atoms with Crippen LogP contribution in [0.4, 0.5) is 5.95 Å². The molecule has 1 aromatic heterocycles. The SMILES string of the molecule is CN1CCn2c1nnc(C1(C)CCCCC1)c2=O. The Kier molecular flexibility index (Phi) is 2.64. The molecule has 98 valence electrons.